The Morgan fingerprint density at radius 3 is 2.69 bits per heavy atom. The molecular formula is C26H22ClFN2O5. The van der Waals surface area contributed by atoms with Gasteiger partial charge in [-0.1, -0.05) is 29.8 Å². The molecule has 2 atom stereocenters. The summed E-state index contributed by atoms with van der Waals surface area (Å²) in [6.45, 7) is 3.91. The lowest BCUT2D eigenvalue weighted by Crippen LogP contribution is -2.41. The Balaban J connectivity index is 1.43. The highest BCUT2D eigenvalue weighted by molar-refractivity contribution is 6.32. The molecule has 0 saturated heterocycles. The first kappa shape index (κ1) is 24.2. The fraction of sp³-hybridized carbons (Fsp3) is 0.192. The summed E-state index contributed by atoms with van der Waals surface area (Å²) in [7, 11) is 0. The van der Waals surface area contributed by atoms with Crippen molar-refractivity contribution in [2.45, 2.75) is 26.1 Å². The molecule has 1 N–H and O–H groups in total. The molecule has 0 unspecified atom stereocenters. The van der Waals surface area contributed by atoms with E-state index in [2.05, 4.69) is 5.32 Å². The average molecular weight is 497 g/mol. The second kappa shape index (κ2) is 10.1. The average Bonchev–Trinajstić information content (AvgIpc) is 2.83. The fourth-order valence-electron chi connectivity index (χ4n) is 3.78. The quantitative estimate of drug-likeness (QED) is 0.185. The van der Waals surface area contributed by atoms with E-state index in [9.17, 15) is 19.3 Å². The number of hydrogen-bond donors (Lipinski definition) is 1. The molecule has 9 heteroatoms. The van der Waals surface area contributed by atoms with E-state index in [0.29, 0.717) is 28.5 Å². The molecule has 0 aromatic heterocycles. The maximum atomic E-state index is 14.2. The first-order valence-electron chi connectivity index (χ1n) is 10.9. The van der Waals surface area contributed by atoms with Gasteiger partial charge < -0.3 is 14.8 Å². The third kappa shape index (κ3) is 5.44. The Morgan fingerprint density at radius 2 is 2.00 bits per heavy atom. The van der Waals surface area contributed by atoms with Crippen LogP contribution < -0.4 is 10.1 Å². The summed E-state index contributed by atoms with van der Waals surface area (Å²) in [5, 5.41) is 14.4. The van der Waals surface area contributed by atoms with E-state index < -0.39 is 23.1 Å². The third-order valence-corrected chi connectivity index (χ3v) is 5.96. The number of carbonyl (C=O) groups is 1. The zero-order valence-electron chi connectivity index (χ0n) is 19.0. The summed E-state index contributed by atoms with van der Waals surface area (Å²) in [4.78, 5) is 22.7. The Hall–Kier alpha value is -3.91. The summed E-state index contributed by atoms with van der Waals surface area (Å²) in [6.07, 6.45) is 0.820. The number of nitro groups is 1. The number of allylic oxidation sites excluding steroid dienone is 1. The maximum absolute atomic E-state index is 14.2. The van der Waals surface area contributed by atoms with Crippen molar-refractivity contribution in [3.05, 3.63) is 98.3 Å². The second-order valence-electron chi connectivity index (χ2n) is 8.13. The Kier molecular flexibility index (Phi) is 7.02. The number of fused-ring (bicyclic) bond motifs is 1. The van der Waals surface area contributed by atoms with Crippen LogP contribution in [0.1, 0.15) is 35.3 Å². The standard InChI is InChI=1S/C26H22ClFN2O5/c1-15(25-20(27)4-3-5-21(25)28)12-17-6-11-23-22(13-17)29-14-24(35-23)16(2)34-26(31)18-7-9-19(10-8-18)30(32)33/h3-13,16,24,29H,14H2,1-2H3/b15-12+/t16-,24-/m1/s1. The SMILES string of the molecule is C/C(=C\c1ccc2c(c1)NC[C@H]([C@@H](C)OC(=O)c1ccc([N+](=O)[O-])cc1)O2)c1c(F)cccc1Cl. The predicted octanol–water partition coefficient (Wildman–Crippen LogP) is 6.37. The van der Waals surface area contributed by atoms with Crippen LogP contribution in [-0.4, -0.2) is 29.6 Å². The molecule has 3 aromatic carbocycles. The van der Waals surface area contributed by atoms with Crippen molar-refractivity contribution in [2.24, 2.45) is 0 Å². The third-order valence-electron chi connectivity index (χ3n) is 5.65. The van der Waals surface area contributed by atoms with Gasteiger partial charge in [0.1, 0.15) is 17.7 Å². The molecule has 1 aliphatic rings. The number of non-ortho nitro benzene ring substituents is 1. The van der Waals surface area contributed by atoms with Crippen molar-refractivity contribution in [1.82, 2.24) is 0 Å². The van der Waals surface area contributed by atoms with Gasteiger partial charge in [0.25, 0.3) is 5.69 Å². The van der Waals surface area contributed by atoms with E-state index in [0.717, 1.165) is 11.3 Å². The van der Waals surface area contributed by atoms with Gasteiger partial charge in [-0.15, -0.1) is 0 Å². The molecule has 3 aromatic rings. The Labute approximate surface area is 206 Å². The number of esters is 1. The van der Waals surface area contributed by atoms with E-state index in [1.165, 1.54) is 30.3 Å². The first-order valence-corrected chi connectivity index (χ1v) is 11.2. The lowest BCUT2D eigenvalue weighted by molar-refractivity contribution is -0.384. The molecule has 0 saturated carbocycles. The van der Waals surface area contributed by atoms with E-state index in [4.69, 9.17) is 21.1 Å². The van der Waals surface area contributed by atoms with Gasteiger partial charge in [-0.25, -0.2) is 9.18 Å². The molecule has 4 rings (SSSR count). The minimum Gasteiger partial charge on any atom is -0.483 e. The number of anilines is 1. The summed E-state index contributed by atoms with van der Waals surface area (Å²) >= 11 is 6.17. The molecule has 0 fully saturated rings. The van der Waals surface area contributed by atoms with Crippen molar-refractivity contribution in [3.8, 4) is 5.75 Å². The molecule has 0 bridgehead atoms. The summed E-state index contributed by atoms with van der Waals surface area (Å²) < 4.78 is 25.8. The highest BCUT2D eigenvalue weighted by Gasteiger charge is 2.28. The number of nitrogens with one attached hydrogen (secondary N) is 1. The van der Waals surface area contributed by atoms with Crippen LogP contribution in [0.3, 0.4) is 0 Å². The van der Waals surface area contributed by atoms with Crippen molar-refractivity contribution in [2.75, 3.05) is 11.9 Å². The summed E-state index contributed by atoms with van der Waals surface area (Å²) in [5.74, 6) is -0.381. The number of nitrogens with zero attached hydrogens (tertiary/aromatic N) is 1. The monoisotopic (exact) mass is 496 g/mol. The van der Waals surface area contributed by atoms with E-state index in [1.54, 1.807) is 32.0 Å². The zero-order valence-corrected chi connectivity index (χ0v) is 19.7. The number of ether oxygens (including phenoxy) is 2. The normalized spacial score (nSPS) is 15.9. The lowest BCUT2D eigenvalue weighted by Gasteiger charge is -2.31. The minimum atomic E-state index is -0.593. The first-order chi connectivity index (χ1) is 16.7. The van der Waals surface area contributed by atoms with Gasteiger partial charge in [-0.05, 0) is 61.4 Å². The smallest absolute Gasteiger partial charge is 0.338 e. The van der Waals surface area contributed by atoms with Crippen molar-refractivity contribution in [3.63, 3.8) is 0 Å². The molecule has 35 heavy (non-hydrogen) atoms. The highest BCUT2D eigenvalue weighted by atomic mass is 35.5. The van der Waals surface area contributed by atoms with Crippen LogP contribution in [0, 0.1) is 15.9 Å². The topological polar surface area (TPSA) is 90.7 Å². The van der Waals surface area contributed by atoms with Gasteiger partial charge in [0.05, 0.1) is 27.7 Å². The van der Waals surface area contributed by atoms with Crippen LogP contribution in [0.25, 0.3) is 11.6 Å². The van der Waals surface area contributed by atoms with Crippen molar-refractivity contribution < 1.29 is 23.6 Å². The molecular weight excluding hydrogens is 475 g/mol. The number of rotatable bonds is 6. The minimum absolute atomic E-state index is 0.104. The molecule has 0 amide bonds. The summed E-state index contributed by atoms with van der Waals surface area (Å²) in [6, 6.07) is 15.3. The van der Waals surface area contributed by atoms with Crippen molar-refractivity contribution in [1.29, 1.82) is 0 Å². The van der Waals surface area contributed by atoms with Crippen LogP contribution in [-0.2, 0) is 4.74 Å². The highest BCUT2D eigenvalue weighted by Crippen LogP contribution is 2.33. The molecule has 1 heterocycles. The second-order valence-corrected chi connectivity index (χ2v) is 8.54. The zero-order chi connectivity index (χ0) is 25.1. The van der Waals surface area contributed by atoms with Gasteiger partial charge in [0, 0.05) is 17.7 Å². The number of halogens is 2. The Morgan fingerprint density at radius 1 is 1.26 bits per heavy atom. The summed E-state index contributed by atoms with van der Waals surface area (Å²) in [5.41, 5.74) is 2.76. The van der Waals surface area contributed by atoms with Gasteiger partial charge in [-0.3, -0.25) is 10.1 Å². The van der Waals surface area contributed by atoms with Gasteiger partial charge in [0.15, 0.2) is 6.10 Å². The van der Waals surface area contributed by atoms with Crippen LogP contribution in [0.4, 0.5) is 15.8 Å². The van der Waals surface area contributed by atoms with Crippen molar-refractivity contribution >= 4 is 40.6 Å². The van der Waals surface area contributed by atoms with Crippen LogP contribution in [0.5, 0.6) is 5.75 Å². The number of carbonyl (C=O) groups excluding carboxylic acids is 1. The van der Waals surface area contributed by atoms with Gasteiger partial charge in [0.2, 0.25) is 0 Å². The number of benzene rings is 3. The van der Waals surface area contributed by atoms with E-state index in [1.807, 2.05) is 18.2 Å². The van der Waals surface area contributed by atoms with Crippen LogP contribution in [0.2, 0.25) is 5.02 Å². The van der Waals surface area contributed by atoms with Crippen LogP contribution >= 0.6 is 11.6 Å². The van der Waals surface area contributed by atoms with E-state index in [-0.39, 0.29) is 17.1 Å². The van der Waals surface area contributed by atoms with Crippen LogP contribution in [0.15, 0.2) is 60.7 Å². The Bertz CT molecular complexity index is 1290. The molecule has 0 aliphatic carbocycles. The number of nitro benzene ring substituents is 1. The lowest BCUT2D eigenvalue weighted by atomic mass is 10.0. The molecule has 0 spiro atoms. The number of hydrogen-bond acceptors (Lipinski definition) is 6. The largest absolute Gasteiger partial charge is 0.483 e. The molecule has 7 nitrogen and oxygen atoms in total. The maximum Gasteiger partial charge on any atom is 0.338 e. The fourth-order valence-corrected chi connectivity index (χ4v) is 4.10. The predicted molar refractivity (Wildman–Crippen MR) is 132 cm³/mol. The molecule has 180 valence electrons. The van der Waals surface area contributed by atoms with Gasteiger partial charge in [-0.2, -0.15) is 0 Å². The van der Waals surface area contributed by atoms with Gasteiger partial charge >= 0.3 is 5.97 Å². The molecule has 0 radical (unpaired) electrons. The molecule has 1 aliphatic heterocycles. The van der Waals surface area contributed by atoms with E-state index >= 15 is 0 Å².